The molecular formula is C20H23ClN4O2. The van der Waals surface area contributed by atoms with Gasteiger partial charge < -0.3 is 10.6 Å². The van der Waals surface area contributed by atoms with Gasteiger partial charge in [-0.2, -0.15) is 0 Å². The highest BCUT2D eigenvalue weighted by molar-refractivity contribution is 5.93. The van der Waals surface area contributed by atoms with Crippen molar-refractivity contribution in [3.63, 3.8) is 0 Å². The topological polar surface area (TPSA) is 80.7 Å². The molecule has 0 aliphatic rings. The molecule has 0 unspecified atom stereocenters. The zero-order chi connectivity index (χ0) is 18.5. The molecule has 1 aromatic carbocycles. The number of fused-ring (bicyclic) bond motifs is 1. The van der Waals surface area contributed by atoms with Crippen molar-refractivity contribution >= 4 is 24.0 Å². The Labute approximate surface area is 164 Å². The van der Waals surface area contributed by atoms with Crippen LogP contribution in [0.5, 0.6) is 0 Å². The Morgan fingerprint density at radius 2 is 1.93 bits per heavy atom. The van der Waals surface area contributed by atoms with E-state index in [0.29, 0.717) is 31.7 Å². The quantitative estimate of drug-likeness (QED) is 0.703. The third-order valence-electron chi connectivity index (χ3n) is 4.30. The summed E-state index contributed by atoms with van der Waals surface area (Å²) >= 11 is 0. The van der Waals surface area contributed by atoms with Gasteiger partial charge in [-0.15, -0.1) is 12.4 Å². The maximum Gasteiger partial charge on any atom is 0.270 e. The van der Waals surface area contributed by atoms with E-state index < -0.39 is 0 Å². The monoisotopic (exact) mass is 386 g/mol. The lowest BCUT2D eigenvalue weighted by Gasteiger charge is -2.22. The summed E-state index contributed by atoms with van der Waals surface area (Å²) in [5.41, 5.74) is 8.03. The lowest BCUT2D eigenvalue weighted by atomic mass is 10.1. The van der Waals surface area contributed by atoms with Crippen LogP contribution in [0.25, 0.3) is 5.65 Å². The fraction of sp³-hybridized carbons (Fsp3) is 0.250. The second-order valence-corrected chi connectivity index (χ2v) is 6.23. The molecule has 2 heterocycles. The molecule has 0 saturated heterocycles. The summed E-state index contributed by atoms with van der Waals surface area (Å²) in [5, 5.41) is 0. The Kier molecular flexibility index (Phi) is 7.10. The van der Waals surface area contributed by atoms with Crippen LogP contribution < -0.4 is 11.3 Å². The average Bonchev–Trinajstić information content (AvgIpc) is 2.65. The van der Waals surface area contributed by atoms with Gasteiger partial charge in [0.15, 0.2) is 0 Å². The maximum atomic E-state index is 12.9. The van der Waals surface area contributed by atoms with E-state index in [2.05, 4.69) is 4.98 Å². The molecule has 3 aromatic rings. The van der Waals surface area contributed by atoms with Gasteiger partial charge >= 0.3 is 0 Å². The van der Waals surface area contributed by atoms with E-state index in [0.717, 1.165) is 11.1 Å². The lowest BCUT2D eigenvalue weighted by Crippen LogP contribution is -2.40. The molecule has 0 aliphatic carbocycles. The van der Waals surface area contributed by atoms with E-state index in [4.69, 9.17) is 5.73 Å². The summed E-state index contributed by atoms with van der Waals surface area (Å²) in [5.74, 6) is -0.334. The molecule has 2 aromatic heterocycles. The Balaban J connectivity index is 0.00000261. The molecule has 0 saturated carbocycles. The number of benzene rings is 1. The number of amides is 1. The van der Waals surface area contributed by atoms with Gasteiger partial charge in [-0.25, -0.2) is 4.98 Å². The van der Waals surface area contributed by atoms with Crippen LogP contribution in [0.3, 0.4) is 0 Å². The van der Waals surface area contributed by atoms with Crippen LogP contribution in [0.2, 0.25) is 0 Å². The van der Waals surface area contributed by atoms with Gasteiger partial charge in [0.05, 0.1) is 0 Å². The van der Waals surface area contributed by atoms with E-state index in [1.54, 1.807) is 11.1 Å². The third kappa shape index (κ3) is 4.72. The van der Waals surface area contributed by atoms with E-state index in [9.17, 15) is 9.59 Å². The van der Waals surface area contributed by atoms with Crippen molar-refractivity contribution in [2.24, 2.45) is 5.73 Å². The molecular weight excluding hydrogens is 364 g/mol. The first kappa shape index (κ1) is 20.6. The lowest BCUT2D eigenvalue weighted by molar-refractivity contribution is 0.0759. The minimum atomic E-state index is -0.360. The number of nitrogens with two attached hydrogens (primary N) is 1. The highest BCUT2D eigenvalue weighted by Gasteiger charge is 2.20. The molecule has 0 fully saturated rings. The van der Waals surface area contributed by atoms with Crippen molar-refractivity contribution < 1.29 is 4.79 Å². The minimum Gasteiger partial charge on any atom is -0.337 e. The molecule has 0 bridgehead atoms. The fourth-order valence-electron chi connectivity index (χ4n) is 2.87. The molecule has 0 aliphatic heterocycles. The first-order valence-corrected chi connectivity index (χ1v) is 8.61. The summed E-state index contributed by atoms with van der Waals surface area (Å²) < 4.78 is 1.40. The van der Waals surface area contributed by atoms with Crippen LogP contribution in [0.4, 0.5) is 0 Å². The molecule has 0 radical (unpaired) electrons. The number of carbonyl (C=O) groups excluding carboxylic acids is 1. The van der Waals surface area contributed by atoms with Crippen molar-refractivity contribution in [2.75, 3.05) is 19.6 Å². The zero-order valence-electron chi connectivity index (χ0n) is 15.2. The average molecular weight is 387 g/mol. The summed E-state index contributed by atoms with van der Waals surface area (Å²) in [7, 11) is 0. The summed E-state index contributed by atoms with van der Waals surface area (Å²) in [6.45, 7) is 3.15. The van der Waals surface area contributed by atoms with Crippen LogP contribution in [0.1, 0.15) is 21.5 Å². The number of carbonyl (C=O) groups is 1. The van der Waals surface area contributed by atoms with Crippen molar-refractivity contribution in [3.8, 4) is 0 Å². The Hall–Kier alpha value is -2.70. The van der Waals surface area contributed by atoms with Crippen molar-refractivity contribution in [1.82, 2.24) is 14.3 Å². The molecule has 0 spiro atoms. The van der Waals surface area contributed by atoms with Gasteiger partial charge in [-0.1, -0.05) is 30.3 Å². The van der Waals surface area contributed by atoms with E-state index in [-0.39, 0.29) is 29.4 Å². The molecule has 7 heteroatoms. The maximum absolute atomic E-state index is 12.9. The van der Waals surface area contributed by atoms with Crippen molar-refractivity contribution in [3.05, 3.63) is 81.9 Å². The number of hydrogen-bond acceptors (Lipinski definition) is 4. The second kappa shape index (κ2) is 9.30. The van der Waals surface area contributed by atoms with E-state index in [1.807, 2.05) is 49.4 Å². The number of hydrogen-bond donors (Lipinski definition) is 1. The standard InChI is InChI=1S/C20H22N4O2.ClH/c1-15-7-11-24-18(13-15)22-14-17(20(24)26)19(25)23(12-9-21)10-8-16-5-3-2-4-6-16;/h2-7,11,13-14H,8-10,12,21H2,1H3;1H. The number of pyridine rings is 1. The molecule has 1 amide bonds. The smallest absolute Gasteiger partial charge is 0.270 e. The second-order valence-electron chi connectivity index (χ2n) is 6.23. The normalized spacial score (nSPS) is 10.4. The number of rotatable bonds is 6. The molecule has 6 nitrogen and oxygen atoms in total. The van der Waals surface area contributed by atoms with Crippen LogP contribution in [-0.4, -0.2) is 39.8 Å². The SMILES string of the molecule is Cc1ccn2c(=O)c(C(=O)N(CCN)CCc3ccccc3)cnc2c1.Cl. The van der Waals surface area contributed by atoms with Gasteiger partial charge in [-0.3, -0.25) is 14.0 Å². The van der Waals surface area contributed by atoms with Gasteiger partial charge in [0, 0.05) is 32.0 Å². The Morgan fingerprint density at radius 1 is 1.19 bits per heavy atom. The number of halogens is 1. The number of aryl methyl sites for hydroxylation is 1. The predicted molar refractivity (Wildman–Crippen MR) is 109 cm³/mol. The van der Waals surface area contributed by atoms with Crippen molar-refractivity contribution in [1.29, 1.82) is 0 Å². The Morgan fingerprint density at radius 3 is 2.63 bits per heavy atom. The highest BCUT2D eigenvalue weighted by atomic mass is 35.5. The Bertz CT molecular complexity index is 973. The van der Waals surface area contributed by atoms with Gasteiger partial charge in [-0.05, 0) is 36.6 Å². The first-order chi connectivity index (χ1) is 12.6. The van der Waals surface area contributed by atoms with Crippen LogP contribution >= 0.6 is 12.4 Å². The van der Waals surface area contributed by atoms with E-state index in [1.165, 1.54) is 10.6 Å². The molecule has 2 N–H and O–H groups in total. The molecule has 3 rings (SSSR count). The van der Waals surface area contributed by atoms with E-state index >= 15 is 0 Å². The van der Waals surface area contributed by atoms with Crippen molar-refractivity contribution in [2.45, 2.75) is 13.3 Å². The third-order valence-corrected chi connectivity index (χ3v) is 4.30. The van der Waals surface area contributed by atoms with Gasteiger partial charge in [0.1, 0.15) is 11.2 Å². The molecule has 27 heavy (non-hydrogen) atoms. The van der Waals surface area contributed by atoms with Gasteiger partial charge in [0.25, 0.3) is 11.5 Å². The summed E-state index contributed by atoms with van der Waals surface area (Å²) in [6.07, 6.45) is 3.72. The van der Waals surface area contributed by atoms with Crippen LogP contribution in [0.15, 0.2) is 59.7 Å². The summed E-state index contributed by atoms with van der Waals surface area (Å²) in [6, 6.07) is 13.5. The molecule has 142 valence electrons. The largest absolute Gasteiger partial charge is 0.337 e. The van der Waals surface area contributed by atoms with Crippen LogP contribution in [0, 0.1) is 6.92 Å². The van der Waals surface area contributed by atoms with Gasteiger partial charge in [0.2, 0.25) is 0 Å². The highest BCUT2D eigenvalue weighted by Crippen LogP contribution is 2.07. The fourth-order valence-corrected chi connectivity index (χ4v) is 2.87. The predicted octanol–water partition coefficient (Wildman–Crippen LogP) is 2.07. The van der Waals surface area contributed by atoms with Crippen LogP contribution in [-0.2, 0) is 6.42 Å². The zero-order valence-corrected chi connectivity index (χ0v) is 16.0. The summed E-state index contributed by atoms with van der Waals surface area (Å²) in [4.78, 5) is 31.5. The number of nitrogens with zero attached hydrogens (tertiary/aromatic N) is 3. The number of aromatic nitrogens is 2. The first-order valence-electron chi connectivity index (χ1n) is 8.61. The minimum absolute atomic E-state index is 0. The molecule has 0 atom stereocenters.